The van der Waals surface area contributed by atoms with Crippen molar-refractivity contribution in [3.8, 4) is 34.4 Å². The zero-order valence-electron chi connectivity index (χ0n) is 28.8. The first-order chi connectivity index (χ1) is 26.8. The van der Waals surface area contributed by atoms with Crippen molar-refractivity contribution in [3.63, 3.8) is 0 Å². The number of hydrogen-bond acceptors (Lipinski definition) is 3. The van der Waals surface area contributed by atoms with E-state index in [0.717, 1.165) is 56.3 Å². The average molecular weight is 707 g/mol. The Hall–Kier alpha value is -6.76. The quantitative estimate of drug-likeness (QED) is 0.167. The van der Waals surface area contributed by atoms with Crippen LogP contribution >= 0.6 is 11.3 Å². The Kier molecular flexibility index (Phi) is 5.56. The molecule has 2 aliphatic rings. The molecule has 13 rings (SSSR count). The van der Waals surface area contributed by atoms with Gasteiger partial charge in [-0.3, -0.25) is 0 Å². The van der Waals surface area contributed by atoms with Gasteiger partial charge in [0.2, 0.25) is 0 Å². The van der Waals surface area contributed by atoms with E-state index in [9.17, 15) is 0 Å². The Balaban J connectivity index is 1.24. The Morgan fingerprint density at radius 1 is 0.426 bits per heavy atom. The standard InChI is InChI=1S/C48H27BN2O2S/c1-2-14-28(15-3-1)50-36-22-10-5-17-31(36)43-46(50)42-30-16-4-9-21-35(30)51(47(42)44-32-18-6-13-25-41(32)54-48(43)44)29-26-39-45-40(27-29)53-38-24-12-8-20-34(38)49(45)33-19-7-11-23-37(33)52-39/h1-27H. The van der Waals surface area contributed by atoms with E-state index >= 15 is 0 Å². The van der Waals surface area contributed by atoms with Crippen molar-refractivity contribution >= 4 is 98.2 Å². The predicted molar refractivity (Wildman–Crippen MR) is 226 cm³/mol. The molecule has 5 heterocycles. The summed E-state index contributed by atoms with van der Waals surface area (Å²) in [6.45, 7) is 0.0193. The third-order valence-corrected chi connectivity index (χ3v) is 12.8. The highest BCUT2D eigenvalue weighted by atomic mass is 32.1. The zero-order valence-corrected chi connectivity index (χ0v) is 29.6. The van der Waals surface area contributed by atoms with Gasteiger partial charge in [0.1, 0.15) is 23.0 Å². The molecule has 0 aliphatic carbocycles. The number of thiophene rings is 1. The number of ether oxygens (including phenoxy) is 2. The van der Waals surface area contributed by atoms with Crippen molar-refractivity contribution in [2.24, 2.45) is 0 Å². The molecule has 0 N–H and O–H groups in total. The van der Waals surface area contributed by atoms with Crippen molar-refractivity contribution in [3.05, 3.63) is 164 Å². The summed E-state index contributed by atoms with van der Waals surface area (Å²) in [5, 5.41) is 7.53. The molecular weight excluding hydrogens is 679 g/mol. The summed E-state index contributed by atoms with van der Waals surface area (Å²) >= 11 is 1.89. The van der Waals surface area contributed by atoms with Gasteiger partial charge in [-0.05, 0) is 53.4 Å². The highest BCUT2D eigenvalue weighted by Crippen LogP contribution is 2.51. The van der Waals surface area contributed by atoms with E-state index in [1.807, 2.05) is 11.3 Å². The first-order valence-electron chi connectivity index (χ1n) is 18.4. The van der Waals surface area contributed by atoms with E-state index in [1.54, 1.807) is 0 Å². The number of nitrogens with zero attached hydrogens (tertiary/aromatic N) is 2. The molecule has 0 unspecified atom stereocenters. The molecule has 3 aromatic heterocycles. The van der Waals surface area contributed by atoms with Crippen LogP contribution in [-0.2, 0) is 0 Å². The van der Waals surface area contributed by atoms with Gasteiger partial charge in [-0.2, -0.15) is 0 Å². The molecule has 54 heavy (non-hydrogen) atoms. The van der Waals surface area contributed by atoms with Gasteiger partial charge in [0.15, 0.2) is 0 Å². The van der Waals surface area contributed by atoms with Gasteiger partial charge in [0.05, 0.1) is 27.8 Å². The summed E-state index contributed by atoms with van der Waals surface area (Å²) in [5.74, 6) is 3.43. The fourth-order valence-corrected chi connectivity index (χ4v) is 10.8. The molecule has 0 fully saturated rings. The zero-order chi connectivity index (χ0) is 35.1. The lowest BCUT2D eigenvalue weighted by molar-refractivity contribution is 0.464. The summed E-state index contributed by atoms with van der Waals surface area (Å²) in [7, 11) is 0. The molecule has 4 nitrogen and oxygen atoms in total. The van der Waals surface area contributed by atoms with Crippen LogP contribution in [-0.4, -0.2) is 15.8 Å². The molecule has 6 heteroatoms. The van der Waals surface area contributed by atoms with E-state index in [2.05, 4.69) is 173 Å². The average Bonchev–Trinajstić information content (AvgIpc) is 3.89. The van der Waals surface area contributed by atoms with Gasteiger partial charge in [-0.25, -0.2) is 0 Å². The Labute approximate surface area is 313 Å². The number of benzene rings is 8. The van der Waals surface area contributed by atoms with Crippen LogP contribution in [0.25, 0.3) is 75.2 Å². The summed E-state index contributed by atoms with van der Waals surface area (Å²) in [4.78, 5) is 0. The van der Waals surface area contributed by atoms with Crippen LogP contribution < -0.4 is 25.9 Å². The molecule has 250 valence electrons. The summed E-state index contributed by atoms with van der Waals surface area (Å²) in [6, 6.07) is 58.8. The van der Waals surface area contributed by atoms with Gasteiger partial charge >= 0.3 is 0 Å². The van der Waals surface area contributed by atoms with Crippen LogP contribution in [0.4, 0.5) is 0 Å². The van der Waals surface area contributed by atoms with Crippen molar-refractivity contribution in [1.82, 2.24) is 9.13 Å². The Morgan fingerprint density at radius 2 is 0.926 bits per heavy atom. The summed E-state index contributed by atoms with van der Waals surface area (Å²) < 4.78 is 21.2. The molecule has 8 aromatic carbocycles. The lowest BCUT2D eigenvalue weighted by Gasteiger charge is -2.33. The minimum atomic E-state index is 0.0193. The van der Waals surface area contributed by atoms with Crippen LogP contribution in [0.2, 0.25) is 0 Å². The van der Waals surface area contributed by atoms with E-state index in [1.165, 1.54) is 58.3 Å². The highest BCUT2D eigenvalue weighted by molar-refractivity contribution is 7.27. The molecule has 0 saturated carbocycles. The number of para-hydroxylation sites is 5. The van der Waals surface area contributed by atoms with Crippen molar-refractivity contribution in [1.29, 1.82) is 0 Å². The molecule has 0 bridgehead atoms. The molecule has 2 aliphatic heterocycles. The summed E-state index contributed by atoms with van der Waals surface area (Å²) in [5.41, 5.74) is 10.3. The highest BCUT2D eigenvalue weighted by Gasteiger charge is 2.40. The first kappa shape index (κ1) is 28.8. The third kappa shape index (κ3) is 3.63. The number of hydrogen-bond donors (Lipinski definition) is 0. The Morgan fingerprint density at radius 3 is 1.59 bits per heavy atom. The van der Waals surface area contributed by atoms with E-state index in [0.29, 0.717) is 0 Å². The van der Waals surface area contributed by atoms with E-state index in [-0.39, 0.29) is 6.71 Å². The molecule has 0 saturated heterocycles. The SMILES string of the molecule is c1ccc(-n2c3ccccc3c3c4sc5ccccc5c4c4c(c5ccccc5n4-c4cc5c6c(c4)Oc4ccccc4B6c4ccccc4O5)c32)cc1. The van der Waals surface area contributed by atoms with Crippen molar-refractivity contribution < 1.29 is 9.47 Å². The van der Waals surface area contributed by atoms with Crippen LogP contribution in [0, 0.1) is 0 Å². The van der Waals surface area contributed by atoms with Gasteiger partial charge in [0, 0.05) is 65.0 Å². The summed E-state index contributed by atoms with van der Waals surface area (Å²) in [6.07, 6.45) is 0. The van der Waals surface area contributed by atoms with Gasteiger partial charge in [-0.1, -0.05) is 109 Å². The minimum absolute atomic E-state index is 0.0193. The maximum absolute atomic E-state index is 6.84. The normalized spacial score (nSPS) is 13.1. The van der Waals surface area contributed by atoms with Crippen LogP contribution in [0.1, 0.15) is 0 Å². The first-order valence-corrected chi connectivity index (χ1v) is 19.2. The second-order valence-electron chi connectivity index (χ2n) is 14.4. The lowest BCUT2D eigenvalue weighted by atomic mass is 9.35. The smallest absolute Gasteiger partial charge is 0.260 e. The van der Waals surface area contributed by atoms with E-state index < -0.39 is 0 Å². The minimum Gasteiger partial charge on any atom is -0.458 e. The lowest BCUT2D eigenvalue weighted by Crippen LogP contribution is -2.57. The molecule has 0 atom stereocenters. The van der Waals surface area contributed by atoms with Gasteiger partial charge in [0.25, 0.3) is 6.71 Å². The topological polar surface area (TPSA) is 28.3 Å². The van der Waals surface area contributed by atoms with Crippen LogP contribution in [0.3, 0.4) is 0 Å². The van der Waals surface area contributed by atoms with Crippen molar-refractivity contribution in [2.75, 3.05) is 0 Å². The number of aromatic nitrogens is 2. The van der Waals surface area contributed by atoms with Gasteiger partial charge < -0.3 is 18.6 Å². The second kappa shape index (κ2) is 10.4. The predicted octanol–water partition coefficient (Wildman–Crippen LogP) is 11.0. The molecule has 11 aromatic rings. The van der Waals surface area contributed by atoms with E-state index in [4.69, 9.17) is 9.47 Å². The second-order valence-corrected chi connectivity index (χ2v) is 15.4. The maximum atomic E-state index is 6.84. The Bertz CT molecular complexity index is 3340. The van der Waals surface area contributed by atoms with Crippen LogP contribution in [0.5, 0.6) is 23.0 Å². The molecule has 0 radical (unpaired) electrons. The van der Waals surface area contributed by atoms with Crippen molar-refractivity contribution in [2.45, 2.75) is 0 Å². The largest absolute Gasteiger partial charge is 0.458 e. The fraction of sp³-hybridized carbons (Fsp3) is 0. The number of fused-ring (bicyclic) bond motifs is 16. The monoisotopic (exact) mass is 706 g/mol. The third-order valence-electron chi connectivity index (χ3n) is 11.6. The molecule has 0 amide bonds. The fourth-order valence-electron chi connectivity index (χ4n) is 9.50. The number of rotatable bonds is 2. The van der Waals surface area contributed by atoms with Gasteiger partial charge in [-0.15, -0.1) is 11.3 Å². The molecule has 0 spiro atoms. The maximum Gasteiger partial charge on any atom is 0.260 e. The molecular formula is C48H27BN2O2S. The van der Waals surface area contributed by atoms with Crippen LogP contribution in [0.15, 0.2) is 164 Å².